The highest BCUT2D eigenvalue weighted by atomic mass is 19.1. The highest BCUT2D eigenvalue weighted by Gasteiger charge is 2.28. The van der Waals surface area contributed by atoms with Crippen LogP contribution in [0, 0.1) is 0 Å². The van der Waals surface area contributed by atoms with Crippen LogP contribution in [-0.4, -0.2) is 12.8 Å². The molecule has 0 spiro atoms. The third-order valence-electron chi connectivity index (χ3n) is 3.45. The molecule has 0 aromatic heterocycles. The molecule has 0 saturated heterocycles. The Morgan fingerprint density at radius 1 is 1.05 bits per heavy atom. The van der Waals surface area contributed by atoms with E-state index in [0.717, 1.165) is 5.75 Å². The van der Waals surface area contributed by atoms with Gasteiger partial charge in [0, 0.05) is 5.56 Å². The van der Waals surface area contributed by atoms with Gasteiger partial charge in [-0.1, -0.05) is 60.6 Å². The molecule has 0 bridgehead atoms. The van der Waals surface area contributed by atoms with E-state index in [-0.39, 0.29) is 17.4 Å². The Bertz CT molecular complexity index is 438. The maximum Gasteiger partial charge on any atom is 0.134 e. The molecule has 2 heteroatoms. The second-order valence-electron chi connectivity index (χ2n) is 7.50. The molecular weight excluding hydrogens is 251 g/mol. The predicted octanol–water partition coefficient (Wildman–Crippen LogP) is 5.41. The number of benzene rings is 1. The minimum atomic E-state index is -0.902. The molecule has 0 aliphatic rings. The van der Waals surface area contributed by atoms with Gasteiger partial charge in [-0.3, -0.25) is 0 Å². The predicted molar refractivity (Wildman–Crippen MR) is 84.5 cm³/mol. The van der Waals surface area contributed by atoms with Crippen molar-refractivity contribution < 1.29 is 9.13 Å². The van der Waals surface area contributed by atoms with Crippen LogP contribution in [-0.2, 0) is 10.8 Å². The number of halogens is 1. The number of ether oxygens (including phenoxy) is 1. The van der Waals surface area contributed by atoms with Crippen LogP contribution in [0.1, 0.15) is 66.0 Å². The molecule has 0 aliphatic carbocycles. The zero-order chi connectivity index (χ0) is 15.6. The SMILES string of the molecule is CCC(F)COc1cccc(C(C)(C)C)c1C(C)(C)C. The lowest BCUT2D eigenvalue weighted by Gasteiger charge is -2.32. The van der Waals surface area contributed by atoms with E-state index in [0.29, 0.717) is 6.42 Å². The summed E-state index contributed by atoms with van der Waals surface area (Å²) in [4.78, 5) is 0. The molecule has 1 aromatic carbocycles. The van der Waals surface area contributed by atoms with E-state index in [4.69, 9.17) is 4.74 Å². The fourth-order valence-electron chi connectivity index (χ4n) is 2.35. The first-order valence-corrected chi connectivity index (χ1v) is 7.48. The maximum atomic E-state index is 13.5. The molecule has 0 saturated carbocycles. The Balaban J connectivity index is 3.24. The second kappa shape index (κ2) is 6.15. The van der Waals surface area contributed by atoms with Crippen LogP contribution in [0.2, 0.25) is 0 Å². The minimum Gasteiger partial charge on any atom is -0.490 e. The van der Waals surface area contributed by atoms with E-state index in [2.05, 4.69) is 47.6 Å². The van der Waals surface area contributed by atoms with Gasteiger partial charge in [-0.15, -0.1) is 0 Å². The van der Waals surface area contributed by atoms with Crippen LogP contribution < -0.4 is 4.74 Å². The Labute approximate surface area is 123 Å². The van der Waals surface area contributed by atoms with Crippen molar-refractivity contribution in [2.45, 2.75) is 71.9 Å². The average molecular weight is 280 g/mol. The highest BCUT2D eigenvalue weighted by molar-refractivity contribution is 5.47. The van der Waals surface area contributed by atoms with Gasteiger partial charge in [0.05, 0.1) is 0 Å². The van der Waals surface area contributed by atoms with Crippen LogP contribution in [0.4, 0.5) is 4.39 Å². The Kier molecular flexibility index (Phi) is 5.23. The first-order chi connectivity index (χ1) is 9.07. The van der Waals surface area contributed by atoms with E-state index < -0.39 is 6.17 Å². The lowest BCUT2D eigenvalue weighted by atomic mass is 9.75. The summed E-state index contributed by atoms with van der Waals surface area (Å²) in [7, 11) is 0. The molecule has 1 unspecified atom stereocenters. The summed E-state index contributed by atoms with van der Waals surface area (Å²) >= 11 is 0. The summed E-state index contributed by atoms with van der Waals surface area (Å²) in [6.07, 6.45) is -0.412. The number of rotatable bonds is 4. The third kappa shape index (κ3) is 4.22. The van der Waals surface area contributed by atoms with Crippen molar-refractivity contribution in [3.8, 4) is 5.75 Å². The van der Waals surface area contributed by atoms with Crippen LogP contribution in [0.15, 0.2) is 18.2 Å². The summed E-state index contributed by atoms with van der Waals surface area (Å²) < 4.78 is 19.2. The minimum absolute atomic E-state index is 0.0305. The molecule has 1 aromatic rings. The van der Waals surface area contributed by atoms with Crippen molar-refractivity contribution in [3.63, 3.8) is 0 Å². The van der Waals surface area contributed by atoms with E-state index >= 15 is 0 Å². The second-order valence-corrected chi connectivity index (χ2v) is 7.50. The lowest BCUT2D eigenvalue weighted by Crippen LogP contribution is -2.24. The average Bonchev–Trinajstić information content (AvgIpc) is 2.33. The zero-order valence-electron chi connectivity index (χ0n) is 14.0. The van der Waals surface area contributed by atoms with E-state index in [1.165, 1.54) is 11.1 Å². The largest absolute Gasteiger partial charge is 0.490 e. The van der Waals surface area contributed by atoms with Gasteiger partial charge < -0.3 is 4.74 Å². The molecule has 1 rings (SSSR count). The van der Waals surface area contributed by atoms with Crippen molar-refractivity contribution in [1.29, 1.82) is 0 Å². The van der Waals surface area contributed by atoms with Crippen molar-refractivity contribution in [3.05, 3.63) is 29.3 Å². The van der Waals surface area contributed by atoms with Crippen molar-refractivity contribution >= 4 is 0 Å². The maximum absolute atomic E-state index is 13.5. The van der Waals surface area contributed by atoms with Gasteiger partial charge >= 0.3 is 0 Å². The Hall–Kier alpha value is -1.05. The van der Waals surface area contributed by atoms with Crippen LogP contribution in [0.3, 0.4) is 0 Å². The molecule has 0 heterocycles. The molecule has 0 N–H and O–H groups in total. The molecule has 114 valence electrons. The van der Waals surface area contributed by atoms with E-state index in [1.54, 1.807) is 0 Å². The smallest absolute Gasteiger partial charge is 0.134 e. The van der Waals surface area contributed by atoms with Gasteiger partial charge in [0.15, 0.2) is 0 Å². The number of alkyl halides is 1. The van der Waals surface area contributed by atoms with Crippen LogP contribution in [0.5, 0.6) is 5.75 Å². The monoisotopic (exact) mass is 280 g/mol. The lowest BCUT2D eigenvalue weighted by molar-refractivity contribution is 0.188. The first-order valence-electron chi connectivity index (χ1n) is 7.48. The Morgan fingerprint density at radius 3 is 2.10 bits per heavy atom. The summed E-state index contributed by atoms with van der Waals surface area (Å²) in [6, 6.07) is 6.11. The fraction of sp³-hybridized carbons (Fsp3) is 0.667. The molecule has 1 nitrogen and oxygen atoms in total. The van der Waals surface area contributed by atoms with Gasteiger partial charge in [-0.05, 0) is 28.9 Å². The number of hydrogen-bond donors (Lipinski definition) is 0. The van der Waals surface area contributed by atoms with Crippen molar-refractivity contribution in [2.24, 2.45) is 0 Å². The summed E-state index contributed by atoms with van der Waals surface area (Å²) in [6.45, 7) is 15.1. The summed E-state index contributed by atoms with van der Waals surface area (Å²) in [5, 5.41) is 0. The van der Waals surface area contributed by atoms with Gasteiger partial charge in [0.1, 0.15) is 18.5 Å². The van der Waals surface area contributed by atoms with Crippen LogP contribution in [0.25, 0.3) is 0 Å². The van der Waals surface area contributed by atoms with Gasteiger partial charge in [0.25, 0.3) is 0 Å². The Morgan fingerprint density at radius 2 is 1.65 bits per heavy atom. The molecule has 0 amide bonds. The molecule has 0 aliphatic heterocycles. The summed E-state index contributed by atoms with van der Waals surface area (Å²) in [5.41, 5.74) is 2.48. The molecule has 0 fully saturated rings. The standard InChI is InChI=1S/C18H29FO/c1-8-13(19)12-20-15-11-9-10-14(17(2,3)4)16(15)18(5,6)7/h9-11,13H,8,12H2,1-7H3. The molecule has 20 heavy (non-hydrogen) atoms. The van der Waals surface area contributed by atoms with Gasteiger partial charge in [0.2, 0.25) is 0 Å². The van der Waals surface area contributed by atoms with E-state index in [9.17, 15) is 4.39 Å². The van der Waals surface area contributed by atoms with E-state index in [1.807, 2.05) is 19.1 Å². The topological polar surface area (TPSA) is 9.23 Å². The van der Waals surface area contributed by atoms with Gasteiger partial charge in [-0.25, -0.2) is 4.39 Å². The zero-order valence-corrected chi connectivity index (χ0v) is 14.0. The fourth-order valence-corrected chi connectivity index (χ4v) is 2.35. The van der Waals surface area contributed by atoms with Crippen molar-refractivity contribution in [2.75, 3.05) is 6.61 Å². The van der Waals surface area contributed by atoms with Crippen molar-refractivity contribution in [1.82, 2.24) is 0 Å². The summed E-state index contributed by atoms with van der Waals surface area (Å²) in [5.74, 6) is 0.820. The highest BCUT2D eigenvalue weighted by Crippen LogP contribution is 2.39. The molecule has 0 radical (unpaired) electrons. The number of hydrogen-bond acceptors (Lipinski definition) is 1. The first kappa shape index (κ1) is 17.0. The third-order valence-corrected chi connectivity index (χ3v) is 3.45. The molecular formula is C18H29FO. The van der Waals surface area contributed by atoms with Gasteiger partial charge in [-0.2, -0.15) is 0 Å². The quantitative estimate of drug-likeness (QED) is 0.716. The normalized spacial score (nSPS) is 14.2. The molecule has 1 atom stereocenters. The van der Waals surface area contributed by atoms with Crippen LogP contribution >= 0.6 is 0 Å².